The normalized spacial score (nSPS) is 14.7. The summed E-state index contributed by atoms with van der Waals surface area (Å²) in [5.41, 5.74) is 0. The van der Waals surface area contributed by atoms with E-state index in [4.69, 9.17) is 0 Å². The first-order valence-corrected chi connectivity index (χ1v) is 7.25. The molecule has 4 heteroatoms. The largest absolute Gasteiger partial charge is 0.313 e. The lowest BCUT2D eigenvalue weighted by molar-refractivity contribution is 0.340. The molecule has 0 aliphatic carbocycles. The highest BCUT2D eigenvalue weighted by Gasteiger charge is 2.18. The van der Waals surface area contributed by atoms with E-state index >= 15 is 0 Å². The van der Waals surface area contributed by atoms with Gasteiger partial charge in [0.1, 0.15) is 12.2 Å². The van der Waals surface area contributed by atoms with Crippen LogP contribution in [-0.2, 0) is 13.5 Å². The zero-order valence-electron chi connectivity index (χ0n) is 12.3. The zero-order chi connectivity index (χ0) is 13.4. The molecule has 0 saturated carbocycles. The fraction of sp³-hybridized carbons (Fsp3) is 0.857. The van der Waals surface area contributed by atoms with Gasteiger partial charge in [0.05, 0.1) is 0 Å². The lowest BCUT2D eigenvalue weighted by Gasteiger charge is -2.24. The minimum atomic E-state index is 0.513. The van der Waals surface area contributed by atoms with Crippen molar-refractivity contribution in [2.45, 2.75) is 58.9 Å². The van der Waals surface area contributed by atoms with Crippen LogP contribution >= 0.6 is 0 Å². The molecule has 1 rings (SSSR count). The third-order valence-corrected chi connectivity index (χ3v) is 3.56. The fourth-order valence-electron chi connectivity index (χ4n) is 2.23. The minimum absolute atomic E-state index is 0.513. The standard InChI is InChI=1S/C14H28N4/c1-5-7-8-12(3)13(15-9-6-2)10-14-16-11-17-18(14)4/h11-13,15H,5-10H2,1-4H3. The number of rotatable bonds is 9. The topological polar surface area (TPSA) is 42.7 Å². The summed E-state index contributed by atoms with van der Waals surface area (Å²) < 4.78 is 1.88. The second kappa shape index (κ2) is 8.25. The van der Waals surface area contributed by atoms with Crippen LogP contribution in [0.2, 0.25) is 0 Å². The Morgan fingerprint density at radius 2 is 2.11 bits per heavy atom. The van der Waals surface area contributed by atoms with Crippen LogP contribution in [0.4, 0.5) is 0 Å². The third-order valence-electron chi connectivity index (χ3n) is 3.56. The number of nitrogens with zero attached hydrogens (tertiary/aromatic N) is 3. The molecule has 1 aromatic rings. The van der Waals surface area contributed by atoms with Crippen molar-refractivity contribution in [1.82, 2.24) is 20.1 Å². The smallest absolute Gasteiger partial charge is 0.138 e. The van der Waals surface area contributed by atoms with E-state index in [1.807, 2.05) is 11.7 Å². The summed E-state index contributed by atoms with van der Waals surface area (Å²) in [7, 11) is 1.97. The molecular weight excluding hydrogens is 224 g/mol. The molecule has 18 heavy (non-hydrogen) atoms. The van der Waals surface area contributed by atoms with Gasteiger partial charge < -0.3 is 5.32 Å². The molecule has 0 bridgehead atoms. The monoisotopic (exact) mass is 252 g/mol. The molecule has 1 heterocycles. The molecule has 0 aliphatic rings. The lowest BCUT2D eigenvalue weighted by Crippen LogP contribution is -2.38. The van der Waals surface area contributed by atoms with Crippen molar-refractivity contribution < 1.29 is 0 Å². The summed E-state index contributed by atoms with van der Waals surface area (Å²) in [4.78, 5) is 4.34. The van der Waals surface area contributed by atoms with Crippen molar-refractivity contribution in [3.05, 3.63) is 12.2 Å². The van der Waals surface area contributed by atoms with Crippen molar-refractivity contribution >= 4 is 0 Å². The van der Waals surface area contributed by atoms with Gasteiger partial charge in [-0.1, -0.05) is 33.6 Å². The number of unbranched alkanes of at least 4 members (excludes halogenated alkanes) is 1. The number of hydrogen-bond donors (Lipinski definition) is 1. The van der Waals surface area contributed by atoms with Crippen molar-refractivity contribution in [2.24, 2.45) is 13.0 Å². The van der Waals surface area contributed by atoms with Gasteiger partial charge in [-0.2, -0.15) is 5.10 Å². The maximum Gasteiger partial charge on any atom is 0.138 e. The first kappa shape index (κ1) is 15.2. The molecule has 1 N–H and O–H groups in total. The van der Waals surface area contributed by atoms with Crippen LogP contribution in [0.5, 0.6) is 0 Å². The Kier molecular flexibility index (Phi) is 6.94. The minimum Gasteiger partial charge on any atom is -0.313 e. The summed E-state index contributed by atoms with van der Waals surface area (Å²) >= 11 is 0. The van der Waals surface area contributed by atoms with Crippen molar-refractivity contribution in [3.8, 4) is 0 Å². The van der Waals surface area contributed by atoms with E-state index in [1.54, 1.807) is 6.33 Å². The Hall–Kier alpha value is -0.900. The Morgan fingerprint density at radius 1 is 1.33 bits per heavy atom. The van der Waals surface area contributed by atoms with Gasteiger partial charge in [-0.05, 0) is 25.3 Å². The predicted molar refractivity (Wildman–Crippen MR) is 75.5 cm³/mol. The average molecular weight is 252 g/mol. The maximum atomic E-state index is 4.34. The summed E-state index contributed by atoms with van der Waals surface area (Å²) in [6.45, 7) is 7.89. The van der Waals surface area contributed by atoms with Gasteiger partial charge in [0.2, 0.25) is 0 Å². The summed E-state index contributed by atoms with van der Waals surface area (Å²) in [5, 5.41) is 7.81. The SMILES string of the molecule is CCCCC(C)C(Cc1ncnn1C)NCCC. The van der Waals surface area contributed by atoms with Crippen molar-refractivity contribution in [1.29, 1.82) is 0 Å². The lowest BCUT2D eigenvalue weighted by atomic mass is 9.93. The van der Waals surface area contributed by atoms with Crippen LogP contribution in [0.15, 0.2) is 6.33 Å². The van der Waals surface area contributed by atoms with Gasteiger partial charge in [0.15, 0.2) is 0 Å². The molecule has 0 saturated heterocycles. The molecule has 0 fully saturated rings. The Labute approximate surface area is 111 Å². The fourth-order valence-corrected chi connectivity index (χ4v) is 2.23. The zero-order valence-corrected chi connectivity index (χ0v) is 12.3. The third kappa shape index (κ3) is 4.77. The molecular formula is C14H28N4. The van der Waals surface area contributed by atoms with Crippen LogP contribution < -0.4 is 5.32 Å². The van der Waals surface area contributed by atoms with Crippen LogP contribution in [-0.4, -0.2) is 27.4 Å². The van der Waals surface area contributed by atoms with Gasteiger partial charge in [-0.3, -0.25) is 4.68 Å². The highest BCUT2D eigenvalue weighted by molar-refractivity contribution is 4.90. The molecule has 0 aromatic carbocycles. The number of aromatic nitrogens is 3. The molecule has 2 unspecified atom stereocenters. The summed E-state index contributed by atoms with van der Waals surface area (Å²) in [6.07, 6.45) is 7.66. The first-order chi connectivity index (χ1) is 8.69. The number of hydrogen-bond acceptors (Lipinski definition) is 3. The van der Waals surface area contributed by atoms with Gasteiger partial charge >= 0.3 is 0 Å². The maximum absolute atomic E-state index is 4.34. The number of aryl methyl sites for hydroxylation is 1. The molecule has 0 spiro atoms. The van der Waals surface area contributed by atoms with E-state index < -0.39 is 0 Å². The van der Waals surface area contributed by atoms with Crippen LogP contribution in [0.25, 0.3) is 0 Å². The summed E-state index contributed by atoms with van der Waals surface area (Å²) in [5.74, 6) is 1.76. The van der Waals surface area contributed by atoms with Crippen LogP contribution in [0.1, 0.15) is 52.3 Å². The Morgan fingerprint density at radius 3 is 2.67 bits per heavy atom. The van der Waals surface area contributed by atoms with Gasteiger partial charge in [-0.25, -0.2) is 4.98 Å². The second-order valence-corrected chi connectivity index (χ2v) is 5.18. The second-order valence-electron chi connectivity index (χ2n) is 5.18. The predicted octanol–water partition coefficient (Wildman–Crippen LogP) is 2.55. The van der Waals surface area contributed by atoms with Gasteiger partial charge in [0.25, 0.3) is 0 Å². The van der Waals surface area contributed by atoms with E-state index in [0.717, 1.165) is 18.8 Å². The molecule has 1 aromatic heterocycles. The van der Waals surface area contributed by atoms with Gasteiger partial charge in [-0.15, -0.1) is 0 Å². The molecule has 0 amide bonds. The Balaban J connectivity index is 2.56. The molecule has 0 aliphatic heterocycles. The first-order valence-electron chi connectivity index (χ1n) is 7.25. The molecule has 104 valence electrons. The molecule has 2 atom stereocenters. The average Bonchev–Trinajstić information content (AvgIpc) is 2.77. The highest BCUT2D eigenvalue weighted by Crippen LogP contribution is 2.15. The van der Waals surface area contributed by atoms with E-state index in [1.165, 1.54) is 25.7 Å². The van der Waals surface area contributed by atoms with E-state index in [9.17, 15) is 0 Å². The van der Waals surface area contributed by atoms with Crippen molar-refractivity contribution in [3.63, 3.8) is 0 Å². The highest BCUT2D eigenvalue weighted by atomic mass is 15.3. The van der Waals surface area contributed by atoms with Gasteiger partial charge in [0, 0.05) is 19.5 Å². The molecule has 4 nitrogen and oxygen atoms in total. The van der Waals surface area contributed by atoms with E-state index in [-0.39, 0.29) is 0 Å². The summed E-state index contributed by atoms with van der Waals surface area (Å²) in [6, 6.07) is 0.513. The van der Waals surface area contributed by atoms with Crippen LogP contribution in [0, 0.1) is 5.92 Å². The van der Waals surface area contributed by atoms with E-state index in [0.29, 0.717) is 12.0 Å². The van der Waals surface area contributed by atoms with E-state index in [2.05, 4.69) is 36.2 Å². The Bertz CT molecular complexity index is 321. The quantitative estimate of drug-likeness (QED) is 0.734. The van der Waals surface area contributed by atoms with Crippen molar-refractivity contribution in [2.75, 3.05) is 6.54 Å². The van der Waals surface area contributed by atoms with Crippen LogP contribution in [0.3, 0.4) is 0 Å². The molecule has 0 radical (unpaired) electrons. The number of nitrogens with one attached hydrogen (secondary N) is 1.